The molecule has 0 spiro atoms. The van der Waals surface area contributed by atoms with Crippen molar-refractivity contribution in [2.45, 2.75) is 36.7 Å². The van der Waals surface area contributed by atoms with Gasteiger partial charge in [0, 0.05) is 69.3 Å². The Kier molecular flexibility index (Phi) is 9.76. The molecule has 3 heterocycles. The lowest BCUT2D eigenvalue weighted by molar-refractivity contribution is -0.165. The number of nitrogens with zero attached hydrogens (tertiary/aromatic N) is 5. The van der Waals surface area contributed by atoms with E-state index in [2.05, 4.69) is 15.2 Å². The van der Waals surface area contributed by atoms with Crippen molar-refractivity contribution in [1.29, 1.82) is 0 Å². The molecule has 2 aliphatic heterocycles. The molecule has 0 aliphatic carbocycles. The molecule has 41 heavy (non-hydrogen) atoms. The first-order chi connectivity index (χ1) is 19.1. The van der Waals surface area contributed by atoms with Crippen molar-refractivity contribution in [2.75, 3.05) is 44.7 Å². The van der Waals surface area contributed by atoms with Crippen molar-refractivity contribution < 1.29 is 18.0 Å². The number of aromatic nitrogens is 1. The number of hydrogen-bond acceptors (Lipinski definition) is 7. The van der Waals surface area contributed by atoms with Gasteiger partial charge < -0.3 is 10.2 Å². The molecule has 1 N–H and O–H groups in total. The maximum atomic E-state index is 13.7. The molecule has 220 valence electrons. The van der Waals surface area contributed by atoms with E-state index in [1.165, 1.54) is 17.3 Å². The smallest absolute Gasteiger partial charge is 0.252 e. The van der Waals surface area contributed by atoms with Crippen LogP contribution in [0.5, 0.6) is 0 Å². The highest BCUT2D eigenvalue weighted by Gasteiger charge is 2.42. The van der Waals surface area contributed by atoms with E-state index in [-0.39, 0.29) is 54.8 Å². The summed E-state index contributed by atoms with van der Waals surface area (Å²) in [6.45, 7) is 2.98. The lowest BCUT2D eigenvalue weighted by Gasteiger charge is -2.48. The van der Waals surface area contributed by atoms with Crippen LogP contribution in [-0.4, -0.2) is 91.4 Å². The van der Waals surface area contributed by atoms with Crippen molar-refractivity contribution in [3.05, 3.63) is 65.9 Å². The molecule has 2 fully saturated rings. The number of hydrogen-bond donors (Lipinski definition) is 1. The number of carbonyl (C=O) groups is 2. The van der Waals surface area contributed by atoms with Gasteiger partial charge in [-0.2, -0.15) is 4.31 Å². The van der Waals surface area contributed by atoms with Gasteiger partial charge in [-0.15, -0.1) is 12.4 Å². The number of carbonyl (C=O) groups excluding carboxylic acids is 2. The minimum atomic E-state index is -3.97. The molecule has 2 saturated heterocycles. The monoisotopic (exact) mass is 620 g/mol. The predicted octanol–water partition coefficient (Wildman–Crippen LogP) is 3.16. The van der Waals surface area contributed by atoms with E-state index in [4.69, 9.17) is 11.6 Å². The molecular weight excluding hydrogens is 587 g/mol. The molecule has 5 rings (SSSR count). The lowest BCUT2D eigenvalue weighted by atomic mass is 10.0. The first kappa shape index (κ1) is 31.0. The Balaban J connectivity index is 0.00000387. The number of fused-ring (bicyclic) bond motifs is 1. The van der Waals surface area contributed by atoms with Crippen LogP contribution in [0.3, 0.4) is 0 Å². The van der Waals surface area contributed by atoms with Gasteiger partial charge in [0.05, 0.1) is 17.5 Å². The van der Waals surface area contributed by atoms with Gasteiger partial charge in [-0.3, -0.25) is 19.6 Å². The summed E-state index contributed by atoms with van der Waals surface area (Å²) < 4.78 is 28.6. The van der Waals surface area contributed by atoms with Crippen LogP contribution in [0.2, 0.25) is 5.02 Å². The summed E-state index contributed by atoms with van der Waals surface area (Å²) in [4.78, 5) is 31.9. The van der Waals surface area contributed by atoms with E-state index in [1.54, 1.807) is 47.7 Å². The Labute approximate surface area is 251 Å². The summed E-state index contributed by atoms with van der Waals surface area (Å²) in [6, 6.07) is 13.6. The molecule has 2 amide bonds. The van der Waals surface area contributed by atoms with Crippen molar-refractivity contribution in [2.24, 2.45) is 0 Å². The van der Waals surface area contributed by atoms with Crippen LogP contribution < -0.4 is 10.2 Å². The van der Waals surface area contributed by atoms with Gasteiger partial charge in [-0.05, 0) is 60.0 Å². The molecule has 3 aromatic rings. The highest BCUT2D eigenvalue weighted by Crippen LogP contribution is 2.28. The molecule has 10 nitrogen and oxygen atoms in total. The second kappa shape index (κ2) is 12.9. The van der Waals surface area contributed by atoms with Crippen LogP contribution in [0.1, 0.15) is 19.8 Å². The second-order valence-corrected chi connectivity index (χ2v) is 12.7. The summed E-state index contributed by atoms with van der Waals surface area (Å²) in [5.74, 6) is -0.564. The lowest BCUT2D eigenvalue weighted by Crippen LogP contribution is -2.66. The first-order valence-electron chi connectivity index (χ1n) is 13.3. The number of halogens is 2. The van der Waals surface area contributed by atoms with Crippen molar-refractivity contribution in [1.82, 2.24) is 24.6 Å². The highest BCUT2D eigenvalue weighted by molar-refractivity contribution is 7.89. The zero-order chi connectivity index (χ0) is 28.4. The van der Waals surface area contributed by atoms with Crippen LogP contribution in [0.25, 0.3) is 10.8 Å². The molecule has 0 saturated carbocycles. The number of rotatable bonds is 7. The third kappa shape index (κ3) is 6.76. The van der Waals surface area contributed by atoms with Gasteiger partial charge in [0.2, 0.25) is 15.9 Å². The van der Waals surface area contributed by atoms with Crippen molar-refractivity contribution in [3.8, 4) is 0 Å². The Morgan fingerprint density at radius 3 is 2.41 bits per heavy atom. The highest BCUT2D eigenvalue weighted by atomic mass is 35.5. The summed E-state index contributed by atoms with van der Waals surface area (Å²) in [5, 5.41) is 8.52. The van der Waals surface area contributed by atoms with E-state index in [0.29, 0.717) is 5.02 Å². The molecular formula is C28H34Cl2N6O4S. The fourth-order valence-electron chi connectivity index (χ4n) is 5.57. The van der Waals surface area contributed by atoms with E-state index in [1.807, 2.05) is 24.2 Å². The number of nitrogens with one attached hydrogen (secondary N) is 1. The van der Waals surface area contributed by atoms with Gasteiger partial charge in [-0.25, -0.2) is 13.4 Å². The molecule has 13 heteroatoms. The zero-order valence-electron chi connectivity index (χ0n) is 22.9. The molecule has 1 unspecified atom stereocenters. The van der Waals surface area contributed by atoms with E-state index < -0.39 is 16.1 Å². The molecule has 0 radical (unpaired) electrons. The standard InChI is InChI=1S/C28H33ClN6O4S.ClH/c1-20(36)31-17-26-18-34(40(38,39)27-6-4-21-15-23(29)5-3-22(21)16-27)19-28(37)35(26)32(2)24-9-13-33(14-10-24)25-7-11-30-12-8-25;/h3-8,11-12,15-16,24,26H,9-10,13-14,17-19H2,1-2H3,(H,31,36);1H. The van der Waals surface area contributed by atoms with Gasteiger partial charge in [0.1, 0.15) is 0 Å². The van der Waals surface area contributed by atoms with Gasteiger partial charge in [-0.1, -0.05) is 23.7 Å². The Morgan fingerprint density at radius 1 is 1.07 bits per heavy atom. The molecule has 2 aliphatic rings. The average Bonchev–Trinajstić information content (AvgIpc) is 2.95. The first-order valence-corrected chi connectivity index (χ1v) is 15.1. The van der Waals surface area contributed by atoms with Crippen LogP contribution in [0, 0.1) is 0 Å². The maximum absolute atomic E-state index is 13.7. The molecule has 0 bridgehead atoms. The molecule has 1 aromatic heterocycles. The van der Waals surface area contributed by atoms with E-state index in [0.717, 1.165) is 42.4 Å². The van der Waals surface area contributed by atoms with E-state index >= 15 is 0 Å². The third-order valence-electron chi connectivity index (χ3n) is 7.69. The average molecular weight is 622 g/mol. The fourth-order valence-corrected chi connectivity index (χ4v) is 7.21. The minimum Gasteiger partial charge on any atom is -0.371 e. The SMILES string of the molecule is CC(=O)NCC1CN(S(=O)(=O)c2ccc3cc(Cl)ccc3c2)CC(=O)N1N(C)C1CCN(c2ccncc2)CC1.Cl. The van der Waals surface area contributed by atoms with Gasteiger partial charge in [0.15, 0.2) is 0 Å². The number of hydrazine groups is 1. The summed E-state index contributed by atoms with van der Waals surface area (Å²) >= 11 is 6.08. The number of anilines is 1. The number of sulfonamides is 1. The number of amides is 2. The third-order valence-corrected chi connectivity index (χ3v) is 9.73. The van der Waals surface area contributed by atoms with Crippen LogP contribution in [-0.2, 0) is 19.6 Å². The number of pyridine rings is 1. The number of piperidine rings is 1. The quantitative estimate of drug-likeness (QED) is 0.432. The second-order valence-electron chi connectivity index (χ2n) is 10.3. The fraction of sp³-hybridized carbons (Fsp3) is 0.393. The predicted molar refractivity (Wildman–Crippen MR) is 162 cm³/mol. The van der Waals surface area contributed by atoms with E-state index in [9.17, 15) is 18.0 Å². The van der Waals surface area contributed by atoms with Crippen LogP contribution in [0.15, 0.2) is 65.8 Å². The maximum Gasteiger partial charge on any atom is 0.252 e. The normalized spacial score (nSPS) is 18.9. The minimum absolute atomic E-state index is 0. The molecule has 2 aromatic carbocycles. The van der Waals surface area contributed by atoms with Crippen LogP contribution in [0.4, 0.5) is 5.69 Å². The van der Waals surface area contributed by atoms with Crippen molar-refractivity contribution >= 4 is 62.3 Å². The Morgan fingerprint density at radius 2 is 1.73 bits per heavy atom. The van der Waals surface area contributed by atoms with Gasteiger partial charge in [0.25, 0.3) is 5.91 Å². The largest absolute Gasteiger partial charge is 0.371 e. The summed E-state index contributed by atoms with van der Waals surface area (Å²) in [7, 11) is -2.09. The number of benzene rings is 2. The summed E-state index contributed by atoms with van der Waals surface area (Å²) in [5.41, 5.74) is 1.12. The topological polar surface area (TPSA) is 106 Å². The zero-order valence-corrected chi connectivity index (χ0v) is 25.3. The Bertz CT molecular complexity index is 1500. The van der Waals surface area contributed by atoms with Gasteiger partial charge >= 0.3 is 0 Å². The number of piperazine rings is 1. The Hall–Kier alpha value is -2.96. The van der Waals surface area contributed by atoms with Crippen LogP contribution >= 0.6 is 24.0 Å². The van der Waals surface area contributed by atoms with Crippen molar-refractivity contribution in [3.63, 3.8) is 0 Å². The molecule has 1 atom stereocenters. The summed E-state index contributed by atoms with van der Waals surface area (Å²) in [6.07, 6.45) is 5.22.